The van der Waals surface area contributed by atoms with Crippen LogP contribution in [-0.4, -0.2) is 349 Å². The molecular formula is C105H158ClIO37. The third kappa shape index (κ3) is 30.3. The molecule has 1 unspecified atom stereocenters. The summed E-state index contributed by atoms with van der Waals surface area (Å²) in [6.45, 7) is 24.4. The van der Waals surface area contributed by atoms with Crippen LogP contribution in [0, 0.1) is 59.2 Å². The molecule has 39 heteroatoms. The van der Waals surface area contributed by atoms with Gasteiger partial charge >= 0.3 is 0 Å². The van der Waals surface area contributed by atoms with E-state index in [0.717, 1.165) is 57.1 Å². The highest BCUT2D eigenvalue weighted by molar-refractivity contribution is 14.1. The normalized spacial score (nSPS) is 41.0. The number of aliphatic hydroxyl groups excluding tert-OH is 11. The minimum atomic E-state index is -1.36. The number of benzene rings is 5. The fourth-order valence-electron chi connectivity index (χ4n) is 20.3. The second-order valence-corrected chi connectivity index (χ2v) is 38.6. The average molecular weight is 2170 g/mol. The first-order valence-corrected chi connectivity index (χ1v) is 51.1. The van der Waals surface area contributed by atoms with Gasteiger partial charge < -0.3 is 179 Å². The number of hydrogen-bond donors (Lipinski definition) is 11. The van der Waals surface area contributed by atoms with Gasteiger partial charge in [0.25, 0.3) is 0 Å². The maximum atomic E-state index is 10.2. The van der Waals surface area contributed by atoms with Gasteiger partial charge in [-0.25, -0.2) is 0 Å². The van der Waals surface area contributed by atoms with Gasteiger partial charge in [0, 0.05) is 125 Å². The Morgan fingerprint density at radius 2 is 0.549 bits per heavy atom. The fraction of sp³-hybridized carbons (Fsp3) is 0.695. The molecule has 13 fully saturated rings. The van der Waals surface area contributed by atoms with Crippen LogP contribution in [0.15, 0.2) is 164 Å². The summed E-state index contributed by atoms with van der Waals surface area (Å²) in [5.41, 5.74) is 5.84. The molecule has 11 N–H and O–H groups in total. The van der Waals surface area contributed by atoms with Crippen LogP contribution in [0.2, 0.25) is 0 Å². The molecule has 0 saturated carbocycles. The summed E-state index contributed by atoms with van der Waals surface area (Å²) in [4.78, 5) is 0. The average Bonchev–Trinajstić information content (AvgIpc) is 0.779. The largest absolute Gasteiger partial charge is 0.396 e. The number of rotatable bonds is 20. The van der Waals surface area contributed by atoms with Gasteiger partial charge in [0.1, 0.15) is 85.5 Å². The lowest BCUT2D eigenvalue weighted by atomic mass is 9.81. The van der Waals surface area contributed by atoms with Crippen molar-refractivity contribution in [2.45, 2.75) is 292 Å². The molecule has 0 radical (unpaired) electrons. The van der Waals surface area contributed by atoms with E-state index in [2.05, 4.69) is 70.7 Å². The predicted octanol–water partition coefficient (Wildman–Crippen LogP) is 9.22. The van der Waals surface area contributed by atoms with Gasteiger partial charge in [-0.1, -0.05) is 243 Å². The van der Waals surface area contributed by atoms with E-state index in [1.807, 2.05) is 172 Å². The van der Waals surface area contributed by atoms with Crippen molar-refractivity contribution >= 4 is 35.0 Å². The van der Waals surface area contributed by atoms with Gasteiger partial charge in [-0.2, -0.15) is 0 Å². The summed E-state index contributed by atoms with van der Waals surface area (Å²) in [5.74, 6) is 1.71. The molecule has 13 heterocycles. The third-order valence-corrected chi connectivity index (χ3v) is 30.0. The summed E-state index contributed by atoms with van der Waals surface area (Å²) >= 11 is 2.24. The topological polar surface area (TPSA) is 463 Å². The first-order valence-electron chi connectivity index (χ1n) is 49.6. The second kappa shape index (κ2) is 60.1. The number of alkyl halides is 1. The van der Waals surface area contributed by atoms with Gasteiger partial charge in [-0.05, 0) is 48.5 Å². The number of hydrogen-bond acceptors (Lipinski definition) is 37. The van der Waals surface area contributed by atoms with Crippen molar-refractivity contribution in [2.24, 2.45) is 59.2 Å². The molecule has 18 rings (SSSR count). The molecular weight excluding hydrogens is 2020 g/mol. The van der Waals surface area contributed by atoms with Crippen molar-refractivity contribution in [3.05, 3.63) is 192 Å². The molecule has 0 bridgehead atoms. The Labute approximate surface area is 865 Å². The van der Waals surface area contributed by atoms with Crippen molar-refractivity contribution < 1.29 is 179 Å². The quantitative estimate of drug-likeness (QED) is 0.0196. The smallest absolute Gasteiger partial charge is 0.186 e. The molecule has 0 aromatic heterocycles. The van der Waals surface area contributed by atoms with Crippen LogP contribution in [0.3, 0.4) is 0 Å². The molecule has 0 amide bonds. The minimum Gasteiger partial charge on any atom is -0.396 e. The highest BCUT2D eigenvalue weighted by atomic mass is 127. The number of fused-ring (bicyclic) bond motifs is 5. The van der Waals surface area contributed by atoms with Crippen LogP contribution in [0.4, 0.5) is 0 Å². The van der Waals surface area contributed by atoms with Gasteiger partial charge in [0.05, 0.1) is 95.6 Å². The zero-order chi connectivity index (χ0) is 103. The number of methoxy groups -OCH3 is 8. The molecule has 5 aromatic rings. The van der Waals surface area contributed by atoms with Gasteiger partial charge in [-0.3, -0.25) is 0 Å². The Hall–Kier alpha value is -4.62. The molecule has 814 valence electrons. The summed E-state index contributed by atoms with van der Waals surface area (Å²) < 4.78 is 146. The van der Waals surface area contributed by atoms with Crippen molar-refractivity contribution in [3.8, 4) is 0 Å². The zero-order valence-corrected chi connectivity index (χ0v) is 88.3. The van der Waals surface area contributed by atoms with E-state index < -0.39 is 111 Å². The van der Waals surface area contributed by atoms with E-state index in [1.54, 1.807) is 35.5 Å². The first kappa shape index (κ1) is 121. The Kier molecular flexibility index (Phi) is 50.6. The molecule has 37 nitrogen and oxygen atoms in total. The first-order chi connectivity index (χ1) is 69.0. The summed E-state index contributed by atoms with van der Waals surface area (Å²) in [6, 6.07) is 49.1. The SMILES string of the molecule is C=C1[C@@H](OC)O[C@@H]2CO[C@@H](c3ccccc3)O[C@H]2[C@@H]1C.CC[C@H]1[C@@H](OC)O[C@@H]2CO[C@@H](c3ccccc3)O[C@H]2[C@@H]1C.CC[C@H]1[C@@H](OC)O[C@H](CI)[C@@H](O)[C@@H]1C.CC[C@H]1[C@@H](OC)O[C@H](CO)[C@@H](O)[C@@H]1C.CO[C@H]1O[C@@H]2CO[C@@H](c3ccccc3)O[C@H]2[C@H](C)C1CO.CO[C@H]1O[C@@H]2CO[C@@H](c3ccccc3)O[C@H]2[C@H](C)[C@@H]1O.CO[C@H]1O[C@@H]2CO[C@@H](c3ccccc3)O[C@H]2[C@H](O)[C@@H]1O.CO[C@H]1O[C@H](CO)[C@@H](O)[C@H](O)[C@@H]1O.Cl. The Morgan fingerprint density at radius 3 is 0.896 bits per heavy atom. The minimum absolute atomic E-state index is 0. The standard InChI is InChI=1S/C17H24O4.C16H22O5.C16H20O4.C15H20O5.C14H18O6.C10H19IO3.C10H20O4.C7H14O6.ClH/c1-4-13-11(2)15-14(20-17(13)18-3)10-19-16(21-15)12-8-6-5-7-9-12;1-10-12(8-17)16(18-2)20-13-9-19-15(21-14(10)13)11-6-4-3-5-7-11;1-10-11(2)15(17-3)19-13-9-18-16(20-14(10)13)12-7-5-4-6-8-12;1-9-12(16)15(17-2)19-11-8-18-14(20-13(9)11)10-6-4-3-5-7-10;1-17-14-11(16)10(15)12-9(19-14)7-18-13(20-12)8-5-3-2-4-6-8;2*1-4-7-6(2)9(12)8(5-11)14-10(7)13-3;1-12-7-6(11)5(10)4(9)3(2-8)13-7;/h5-9,11,13-17H,4,10H2,1-3H3;3-7,10,12-17H,8-9H2,1-2H3;4-8,10,13-16H,2,9H2,1,3H3;3-7,9,11-16H,8H2,1-2H3;2-6,9-16H,7H2,1H3;6-10,12H,4-5H2,1-3H3;6-12H,4-5H2,1-3H3;3-11H,2H2,1H3;1H/t11-,13-,14-,15+,16-,17+;10-,12?,13-,14+,15-,16+;10-,13-,14+,15+,16-;9-,11-,12+,13+,14-,15+;9-,10-,11+,12-,13-,14+;2*6-,7-,8-,9+,10+;3-,4-,5+,6+,7+;/m11111111./s1. The van der Waals surface area contributed by atoms with E-state index in [4.69, 9.17) is 133 Å². The molecule has 0 aliphatic carbocycles. The third-order valence-electron chi connectivity index (χ3n) is 29.1. The van der Waals surface area contributed by atoms with Gasteiger partial charge in [0.2, 0.25) is 0 Å². The maximum Gasteiger partial charge on any atom is 0.186 e. The van der Waals surface area contributed by atoms with Crippen molar-refractivity contribution in [2.75, 3.05) is 114 Å². The molecule has 44 atom stereocenters. The van der Waals surface area contributed by atoms with Crippen LogP contribution < -0.4 is 0 Å². The van der Waals surface area contributed by atoms with Crippen LogP contribution >= 0.6 is 35.0 Å². The molecule has 144 heavy (non-hydrogen) atoms. The van der Waals surface area contributed by atoms with E-state index in [-0.39, 0.29) is 179 Å². The van der Waals surface area contributed by atoms with E-state index in [1.165, 1.54) is 21.3 Å². The van der Waals surface area contributed by atoms with E-state index in [0.29, 0.717) is 44.2 Å². The van der Waals surface area contributed by atoms with Crippen LogP contribution in [-0.2, 0) is 123 Å². The molecule has 0 spiro atoms. The Morgan fingerprint density at radius 1 is 0.278 bits per heavy atom. The number of halogens is 2. The van der Waals surface area contributed by atoms with Crippen LogP contribution in [0.25, 0.3) is 0 Å². The lowest BCUT2D eigenvalue weighted by Gasteiger charge is -2.48. The lowest BCUT2D eigenvalue weighted by molar-refractivity contribution is -0.358. The molecule has 13 aliphatic heterocycles. The van der Waals surface area contributed by atoms with E-state index >= 15 is 0 Å². The monoisotopic (exact) mass is 2170 g/mol. The second-order valence-electron chi connectivity index (χ2n) is 37.7. The predicted molar refractivity (Wildman–Crippen MR) is 530 cm³/mol. The van der Waals surface area contributed by atoms with Crippen LogP contribution in [0.1, 0.15) is 141 Å². The Bertz CT molecular complexity index is 4110. The highest BCUT2D eigenvalue weighted by Gasteiger charge is 2.55. The van der Waals surface area contributed by atoms with Gasteiger partial charge in [0.15, 0.2) is 81.8 Å². The van der Waals surface area contributed by atoms with E-state index in [9.17, 15) is 46.0 Å². The van der Waals surface area contributed by atoms with Gasteiger partial charge in [-0.15, -0.1) is 12.4 Å². The number of ether oxygens (including phenoxy) is 26. The molecule has 5 aromatic carbocycles. The summed E-state index contributed by atoms with van der Waals surface area (Å²) in [6.07, 6.45) is -14.3. The fourth-order valence-corrected chi connectivity index (χ4v) is 21.0. The van der Waals surface area contributed by atoms with Crippen molar-refractivity contribution in [1.82, 2.24) is 0 Å². The number of aliphatic hydroxyl groups is 11. The summed E-state index contributed by atoms with van der Waals surface area (Å²) in [7, 11) is 12.4. The zero-order valence-electron chi connectivity index (χ0n) is 85.3. The maximum absolute atomic E-state index is 10.2. The van der Waals surface area contributed by atoms with Crippen molar-refractivity contribution in [3.63, 3.8) is 0 Å². The lowest BCUT2D eigenvalue weighted by Crippen LogP contribution is -2.62. The highest BCUT2D eigenvalue weighted by Crippen LogP contribution is 2.46. The Balaban J connectivity index is 0.000000170. The molecule has 13 saturated heterocycles. The van der Waals surface area contributed by atoms with Crippen molar-refractivity contribution in [1.29, 1.82) is 0 Å². The van der Waals surface area contributed by atoms with Crippen LogP contribution in [0.5, 0.6) is 0 Å². The summed E-state index contributed by atoms with van der Waals surface area (Å²) in [5, 5.41) is 105. The molecule has 13 aliphatic rings.